The summed E-state index contributed by atoms with van der Waals surface area (Å²) in [6.45, 7) is 1.50. The first-order valence-electron chi connectivity index (χ1n) is 7.48. The molecule has 0 radical (unpaired) electrons. The molecule has 2 aliphatic carbocycles. The molecule has 7 nitrogen and oxygen atoms in total. The van der Waals surface area contributed by atoms with Crippen molar-refractivity contribution in [3.8, 4) is 0 Å². The Balaban J connectivity index is 0.000000238. The lowest BCUT2D eigenvalue weighted by Gasteiger charge is -2.28. The van der Waals surface area contributed by atoms with Crippen molar-refractivity contribution in [2.75, 3.05) is 0 Å². The van der Waals surface area contributed by atoms with E-state index in [0.717, 1.165) is 19.3 Å². The average Bonchev–Trinajstić information content (AvgIpc) is 2.48. The molecule has 0 aromatic rings. The Bertz CT molecular complexity index is 545. The summed E-state index contributed by atoms with van der Waals surface area (Å²) in [6.07, 6.45) is 8.77. The van der Waals surface area contributed by atoms with Gasteiger partial charge in [-0.1, -0.05) is 37.5 Å². The fourth-order valence-corrected chi connectivity index (χ4v) is 2.58. The third-order valence-corrected chi connectivity index (χ3v) is 4.25. The van der Waals surface area contributed by atoms with E-state index in [4.69, 9.17) is 21.1 Å². The van der Waals surface area contributed by atoms with Gasteiger partial charge < -0.3 is 21.1 Å². The summed E-state index contributed by atoms with van der Waals surface area (Å²) in [4.78, 5) is 31.9. The topological polar surface area (TPSA) is 138 Å². The van der Waals surface area contributed by atoms with Gasteiger partial charge in [0, 0.05) is 5.57 Å². The van der Waals surface area contributed by atoms with E-state index in [1.165, 1.54) is 25.2 Å². The summed E-state index contributed by atoms with van der Waals surface area (Å²) in [7, 11) is 0. The van der Waals surface area contributed by atoms with E-state index < -0.39 is 28.9 Å². The number of nitrogens with two attached hydrogens (primary N) is 1. The van der Waals surface area contributed by atoms with Crippen LogP contribution in [0.3, 0.4) is 0 Å². The highest BCUT2D eigenvalue weighted by atomic mass is 16.4. The first-order valence-corrected chi connectivity index (χ1v) is 7.48. The molecule has 0 amide bonds. The molecule has 1 fully saturated rings. The molecular weight excluding hydrogens is 302 g/mol. The molecule has 1 atom stereocenters. The maximum atomic E-state index is 10.8. The van der Waals surface area contributed by atoms with Crippen molar-refractivity contribution >= 4 is 17.9 Å². The molecule has 0 heterocycles. The number of carbonyl (C=O) groups is 3. The fourth-order valence-electron chi connectivity index (χ4n) is 2.58. The van der Waals surface area contributed by atoms with Crippen LogP contribution < -0.4 is 5.73 Å². The van der Waals surface area contributed by atoms with Gasteiger partial charge in [0.1, 0.15) is 5.54 Å². The van der Waals surface area contributed by atoms with Crippen molar-refractivity contribution < 1.29 is 29.7 Å². The van der Waals surface area contributed by atoms with Gasteiger partial charge in [-0.05, 0) is 26.2 Å². The maximum absolute atomic E-state index is 10.8. The molecule has 128 valence electrons. The SMILES string of the molecule is CC1(C(=O)O)C=CC=C(C(=O)O)C1.NC1(C(=O)O)CCCCC1. The highest BCUT2D eigenvalue weighted by Gasteiger charge is 2.35. The predicted octanol–water partition coefficient (Wildman–Crippen LogP) is 1.78. The van der Waals surface area contributed by atoms with Crippen molar-refractivity contribution in [1.82, 2.24) is 0 Å². The Hall–Kier alpha value is -2.15. The Morgan fingerprint density at radius 3 is 2.00 bits per heavy atom. The molecule has 23 heavy (non-hydrogen) atoms. The first kappa shape index (κ1) is 18.9. The Morgan fingerprint density at radius 2 is 1.61 bits per heavy atom. The second kappa shape index (κ2) is 7.41. The normalized spacial score (nSPS) is 25.6. The van der Waals surface area contributed by atoms with Crippen molar-refractivity contribution in [2.45, 2.75) is 51.0 Å². The fraction of sp³-hybridized carbons (Fsp3) is 0.562. The molecule has 0 saturated heterocycles. The first-order chi connectivity index (χ1) is 10.6. The molecule has 1 unspecified atom stereocenters. The van der Waals surface area contributed by atoms with Gasteiger partial charge in [0.05, 0.1) is 5.41 Å². The van der Waals surface area contributed by atoms with Gasteiger partial charge >= 0.3 is 17.9 Å². The van der Waals surface area contributed by atoms with Crippen LogP contribution >= 0.6 is 0 Å². The summed E-state index contributed by atoms with van der Waals surface area (Å²) in [5, 5.41) is 26.2. The zero-order valence-electron chi connectivity index (χ0n) is 13.1. The summed E-state index contributed by atoms with van der Waals surface area (Å²) in [5.41, 5.74) is 3.75. The highest BCUT2D eigenvalue weighted by molar-refractivity contribution is 5.90. The van der Waals surface area contributed by atoms with Crippen molar-refractivity contribution in [2.24, 2.45) is 11.1 Å². The summed E-state index contributed by atoms with van der Waals surface area (Å²) in [5.74, 6) is -2.90. The summed E-state index contributed by atoms with van der Waals surface area (Å²) in [6, 6.07) is 0. The third-order valence-electron chi connectivity index (χ3n) is 4.25. The number of allylic oxidation sites excluding steroid dienone is 2. The minimum atomic E-state index is -1.08. The van der Waals surface area contributed by atoms with Crippen LogP contribution in [0.15, 0.2) is 23.8 Å². The molecular formula is C16H23NO6. The van der Waals surface area contributed by atoms with Crippen molar-refractivity contribution in [3.05, 3.63) is 23.8 Å². The Labute approximate surface area is 134 Å². The molecule has 2 rings (SSSR count). The van der Waals surface area contributed by atoms with Crippen LogP contribution in [0, 0.1) is 5.41 Å². The smallest absolute Gasteiger partial charge is 0.331 e. The summed E-state index contributed by atoms with van der Waals surface area (Å²) >= 11 is 0. The number of carboxylic acid groups (broad SMARTS) is 3. The van der Waals surface area contributed by atoms with Crippen LogP contribution in [0.2, 0.25) is 0 Å². The predicted molar refractivity (Wildman–Crippen MR) is 82.9 cm³/mol. The highest BCUT2D eigenvalue weighted by Crippen LogP contribution is 2.31. The van der Waals surface area contributed by atoms with Crippen LogP contribution in [-0.2, 0) is 14.4 Å². The van der Waals surface area contributed by atoms with E-state index in [1.54, 1.807) is 0 Å². The molecule has 0 aromatic heterocycles. The van der Waals surface area contributed by atoms with Gasteiger partial charge in [-0.25, -0.2) is 4.79 Å². The Morgan fingerprint density at radius 1 is 1.04 bits per heavy atom. The summed E-state index contributed by atoms with van der Waals surface area (Å²) < 4.78 is 0. The number of rotatable bonds is 3. The van der Waals surface area contributed by atoms with Crippen LogP contribution in [0.5, 0.6) is 0 Å². The van der Waals surface area contributed by atoms with Gasteiger partial charge in [0.15, 0.2) is 0 Å². The van der Waals surface area contributed by atoms with E-state index in [-0.39, 0.29) is 12.0 Å². The third kappa shape index (κ3) is 4.92. The zero-order valence-corrected chi connectivity index (χ0v) is 13.1. The van der Waals surface area contributed by atoms with Gasteiger partial charge in [0.2, 0.25) is 0 Å². The van der Waals surface area contributed by atoms with Crippen LogP contribution in [0.1, 0.15) is 45.4 Å². The van der Waals surface area contributed by atoms with Gasteiger partial charge in [-0.2, -0.15) is 0 Å². The van der Waals surface area contributed by atoms with Crippen LogP contribution in [-0.4, -0.2) is 38.8 Å². The minimum absolute atomic E-state index is 0.0359. The average molecular weight is 325 g/mol. The monoisotopic (exact) mass is 325 g/mol. The molecule has 7 heteroatoms. The van der Waals surface area contributed by atoms with Gasteiger partial charge in [0.25, 0.3) is 0 Å². The maximum Gasteiger partial charge on any atom is 0.331 e. The lowest BCUT2D eigenvalue weighted by atomic mass is 9.80. The van der Waals surface area contributed by atoms with Crippen LogP contribution in [0.4, 0.5) is 0 Å². The molecule has 2 aliphatic rings. The van der Waals surface area contributed by atoms with Gasteiger partial charge in [-0.15, -0.1) is 0 Å². The van der Waals surface area contributed by atoms with Crippen molar-refractivity contribution in [1.29, 1.82) is 0 Å². The lowest BCUT2D eigenvalue weighted by Crippen LogP contribution is -2.49. The largest absolute Gasteiger partial charge is 0.481 e. The quantitative estimate of drug-likeness (QED) is 0.620. The molecule has 0 aromatic carbocycles. The van der Waals surface area contributed by atoms with Crippen molar-refractivity contribution in [3.63, 3.8) is 0 Å². The lowest BCUT2D eigenvalue weighted by molar-refractivity contribution is -0.146. The van der Waals surface area contributed by atoms with E-state index in [9.17, 15) is 14.4 Å². The standard InChI is InChI=1S/C9H10O4.C7H13NO2/c1-9(8(12)13)4-2-3-6(5-9)7(10)11;8-7(6(9)10)4-2-1-3-5-7/h2-4H,5H2,1H3,(H,10,11)(H,12,13);1-5,8H2,(H,9,10). The molecule has 0 bridgehead atoms. The van der Waals surface area contributed by atoms with Gasteiger partial charge in [-0.3, -0.25) is 9.59 Å². The molecule has 5 N–H and O–H groups in total. The van der Waals surface area contributed by atoms with E-state index in [2.05, 4.69) is 0 Å². The van der Waals surface area contributed by atoms with Crippen LogP contribution in [0.25, 0.3) is 0 Å². The second-order valence-electron chi connectivity index (χ2n) is 6.28. The minimum Gasteiger partial charge on any atom is -0.481 e. The second-order valence-corrected chi connectivity index (χ2v) is 6.28. The number of hydrogen-bond acceptors (Lipinski definition) is 4. The zero-order chi connectivity index (χ0) is 17.7. The van der Waals surface area contributed by atoms with E-state index in [0.29, 0.717) is 12.8 Å². The molecule has 0 aliphatic heterocycles. The Kier molecular flexibility index (Phi) is 6.09. The molecule has 0 spiro atoms. The molecule has 1 saturated carbocycles. The van der Waals surface area contributed by atoms with E-state index >= 15 is 0 Å². The van der Waals surface area contributed by atoms with E-state index in [1.807, 2.05) is 0 Å². The number of hydrogen-bond donors (Lipinski definition) is 4. The number of aliphatic carboxylic acids is 3. The number of carboxylic acids is 3.